The van der Waals surface area contributed by atoms with Crippen LogP contribution >= 0.6 is 0 Å². The number of ether oxygens (including phenoxy) is 1. The van der Waals surface area contributed by atoms with Gasteiger partial charge in [-0.1, -0.05) is 12.1 Å². The number of aromatic nitrogens is 3. The largest absolute Gasteiger partial charge is 0.381 e. The third kappa shape index (κ3) is 3.55. The van der Waals surface area contributed by atoms with Gasteiger partial charge in [0.2, 0.25) is 0 Å². The maximum absolute atomic E-state index is 14.0. The van der Waals surface area contributed by atoms with Gasteiger partial charge in [0, 0.05) is 32.0 Å². The second-order valence-electron chi connectivity index (χ2n) is 6.71. The van der Waals surface area contributed by atoms with Crippen molar-refractivity contribution in [3.05, 3.63) is 48.0 Å². The van der Waals surface area contributed by atoms with Gasteiger partial charge in [-0.2, -0.15) is 5.10 Å². The lowest BCUT2D eigenvalue weighted by Crippen LogP contribution is -2.29. The van der Waals surface area contributed by atoms with Gasteiger partial charge in [-0.25, -0.2) is 14.1 Å². The fourth-order valence-corrected chi connectivity index (χ4v) is 3.38. The smallest absolute Gasteiger partial charge is 0.259 e. The third-order valence-electron chi connectivity index (χ3n) is 4.90. The Hall–Kier alpha value is -3.00. The summed E-state index contributed by atoms with van der Waals surface area (Å²) in [6, 6.07) is 6.27. The van der Waals surface area contributed by atoms with Crippen LogP contribution in [0.2, 0.25) is 0 Å². The number of halogens is 1. The van der Waals surface area contributed by atoms with E-state index in [-0.39, 0.29) is 11.7 Å². The number of amides is 1. The summed E-state index contributed by atoms with van der Waals surface area (Å²) >= 11 is 0. The van der Waals surface area contributed by atoms with Crippen molar-refractivity contribution in [2.75, 3.05) is 23.8 Å². The number of aryl methyl sites for hydroxylation is 1. The number of anilines is 2. The van der Waals surface area contributed by atoms with Crippen molar-refractivity contribution in [1.82, 2.24) is 14.8 Å². The van der Waals surface area contributed by atoms with Crippen LogP contribution in [0.25, 0.3) is 11.0 Å². The summed E-state index contributed by atoms with van der Waals surface area (Å²) in [4.78, 5) is 17.4. The number of rotatable bonds is 5. The van der Waals surface area contributed by atoms with Gasteiger partial charge in [-0.3, -0.25) is 4.79 Å². The minimum absolute atomic E-state index is 0.133. The first kappa shape index (κ1) is 18.4. The van der Waals surface area contributed by atoms with Crippen molar-refractivity contribution in [3.63, 3.8) is 0 Å². The highest BCUT2D eigenvalue weighted by molar-refractivity contribution is 6.12. The zero-order valence-electron chi connectivity index (χ0n) is 15.6. The van der Waals surface area contributed by atoms with Gasteiger partial charge in [0.25, 0.3) is 5.91 Å². The Balaban J connectivity index is 1.72. The Morgan fingerprint density at radius 3 is 2.82 bits per heavy atom. The minimum atomic E-state index is -0.484. The van der Waals surface area contributed by atoms with Gasteiger partial charge in [-0.15, -0.1) is 0 Å². The molecule has 1 aliphatic heterocycles. The van der Waals surface area contributed by atoms with Crippen LogP contribution < -0.4 is 10.6 Å². The molecule has 0 spiro atoms. The molecule has 2 aromatic heterocycles. The molecule has 146 valence electrons. The van der Waals surface area contributed by atoms with E-state index in [2.05, 4.69) is 20.7 Å². The Kier molecular flexibility index (Phi) is 5.21. The lowest BCUT2D eigenvalue weighted by Gasteiger charge is -2.25. The van der Waals surface area contributed by atoms with Crippen molar-refractivity contribution in [2.24, 2.45) is 0 Å². The summed E-state index contributed by atoms with van der Waals surface area (Å²) in [7, 11) is 0. The van der Waals surface area contributed by atoms with E-state index in [9.17, 15) is 9.18 Å². The molecule has 1 aliphatic rings. The summed E-state index contributed by atoms with van der Waals surface area (Å²) in [5, 5.41) is 11.3. The second-order valence-corrected chi connectivity index (χ2v) is 6.71. The first-order valence-electron chi connectivity index (χ1n) is 9.42. The highest BCUT2D eigenvalue weighted by atomic mass is 19.1. The fourth-order valence-electron chi connectivity index (χ4n) is 3.38. The molecule has 0 aliphatic carbocycles. The topological polar surface area (TPSA) is 81.1 Å². The molecule has 4 rings (SSSR count). The van der Waals surface area contributed by atoms with Crippen molar-refractivity contribution in [1.29, 1.82) is 0 Å². The Morgan fingerprint density at radius 2 is 2.07 bits per heavy atom. The van der Waals surface area contributed by atoms with Gasteiger partial charge >= 0.3 is 0 Å². The maximum Gasteiger partial charge on any atom is 0.259 e. The standard InChI is InChI=1S/C20H22FN5O2/c1-2-26-19-14(12-23-26)18(24-13-7-9-28-10-8-13)15(11-22-19)20(27)25-17-6-4-3-5-16(17)21/h3-6,11-13H,2,7-10H2,1H3,(H,22,24)(H,25,27). The molecule has 1 saturated heterocycles. The van der Waals surface area contributed by atoms with Gasteiger partial charge < -0.3 is 15.4 Å². The normalized spacial score (nSPS) is 14.9. The number of fused-ring (bicyclic) bond motifs is 1. The number of nitrogens with one attached hydrogen (secondary N) is 2. The maximum atomic E-state index is 14.0. The summed E-state index contributed by atoms with van der Waals surface area (Å²) < 4.78 is 21.2. The molecule has 7 nitrogen and oxygen atoms in total. The molecule has 0 atom stereocenters. The number of pyridine rings is 1. The van der Waals surface area contributed by atoms with Crippen molar-refractivity contribution >= 4 is 28.3 Å². The molecular formula is C20H22FN5O2. The summed E-state index contributed by atoms with van der Waals surface area (Å²) in [5.74, 6) is -0.902. The SMILES string of the molecule is CCn1ncc2c(NC3CCOCC3)c(C(=O)Nc3ccccc3F)cnc21. The molecule has 28 heavy (non-hydrogen) atoms. The molecule has 1 fully saturated rings. The zero-order valence-corrected chi connectivity index (χ0v) is 15.6. The van der Waals surface area contributed by atoms with Gasteiger partial charge in [0.1, 0.15) is 5.82 Å². The molecule has 8 heteroatoms. The van der Waals surface area contributed by atoms with Crippen LogP contribution in [-0.2, 0) is 11.3 Å². The van der Waals surface area contributed by atoms with Crippen LogP contribution in [0.15, 0.2) is 36.7 Å². The molecular weight excluding hydrogens is 361 g/mol. The average Bonchev–Trinajstić information content (AvgIpc) is 3.14. The summed E-state index contributed by atoms with van der Waals surface area (Å²) in [6.07, 6.45) is 4.93. The van der Waals surface area contributed by atoms with Crippen LogP contribution in [0, 0.1) is 5.82 Å². The number of benzene rings is 1. The molecule has 0 unspecified atom stereocenters. The first-order valence-corrected chi connectivity index (χ1v) is 9.42. The van der Waals surface area contributed by atoms with Crippen LogP contribution in [0.4, 0.5) is 15.8 Å². The van der Waals surface area contributed by atoms with Crippen LogP contribution in [0.1, 0.15) is 30.1 Å². The van der Waals surface area contributed by atoms with E-state index in [0.717, 1.165) is 18.2 Å². The Bertz CT molecular complexity index is 997. The summed E-state index contributed by atoms with van der Waals surface area (Å²) in [6.45, 7) is 4.01. The van der Waals surface area contributed by atoms with E-state index in [4.69, 9.17) is 4.74 Å². The summed E-state index contributed by atoms with van der Waals surface area (Å²) in [5.41, 5.74) is 1.87. The van der Waals surface area contributed by atoms with Crippen molar-refractivity contribution in [2.45, 2.75) is 32.4 Å². The molecule has 0 bridgehead atoms. The van der Waals surface area contributed by atoms with Gasteiger partial charge in [0.05, 0.1) is 28.5 Å². The van der Waals surface area contributed by atoms with Gasteiger partial charge in [0.15, 0.2) is 5.65 Å². The van der Waals surface area contributed by atoms with E-state index >= 15 is 0 Å². The molecule has 2 N–H and O–H groups in total. The Labute approximate surface area is 161 Å². The van der Waals surface area contributed by atoms with Crippen molar-refractivity contribution < 1.29 is 13.9 Å². The number of para-hydroxylation sites is 1. The molecule has 3 heterocycles. The highest BCUT2D eigenvalue weighted by Gasteiger charge is 2.22. The number of carbonyl (C=O) groups is 1. The predicted molar refractivity (Wildman–Crippen MR) is 105 cm³/mol. The minimum Gasteiger partial charge on any atom is -0.381 e. The molecule has 0 saturated carbocycles. The zero-order chi connectivity index (χ0) is 19.5. The monoisotopic (exact) mass is 383 g/mol. The number of hydrogen-bond donors (Lipinski definition) is 2. The quantitative estimate of drug-likeness (QED) is 0.705. The van der Waals surface area contributed by atoms with E-state index < -0.39 is 11.7 Å². The van der Waals surface area contributed by atoms with Crippen LogP contribution in [0.5, 0.6) is 0 Å². The van der Waals surface area contributed by atoms with Gasteiger partial charge in [-0.05, 0) is 31.9 Å². The average molecular weight is 383 g/mol. The van der Waals surface area contributed by atoms with Crippen LogP contribution in [-0.4, -0.2) is 39.9 Å². The molecule has 1 amide bonds. The van der Waals surface area contributed by atoms with E-state index in [1.807, 2.05) is 6.92 Å². The number of nitrogens with zero attached hydrogens (tertiary/aromatic N) is 3. The number of carbonyl (C=O) groups excluding carboxylic acids is 1. The second kappa shape index (κ2) is 7.93. The van der Waals surface area contributed by atoms with E-state index in [1.54, 1.807) is 23.0 Å². The Morgan fingerprint density at radius 1 is 1.29 bits per heavy atom. The fraction of sp³-hybridized carbons (Fsp3) is 0.350. The first-order chi connectivity index (χ1) is 13.7. The number of hydrogen-bond acceptors (Lipinski definition) is 5. The van der Waals surface area contributed by atoms with Crippen molar-refractivity contribution in [3.8, 4) is 0 Å². The molecule has 0 radical (unpaired) electrons. The highest BCUT2D eigenvalue weighted by Crippen LogP contribution is 2.29. The molecule has 1 aromatic carbocycles. The lowest BCUT2D eigenvalue weighted by atomic mass is 10.1. The molecule has 3 aromatic rings. The van der Waals surface area contributed by atoms with E-state index in [1.165, 1.54) is 18.3 Å². The van der Waals surface area contributed by atoms with Crippen LogP contribution in [0.3, 0.4) is 0 Å². The third-order valence-corrected chi connectivity index (χ3v) is 4.90. The lowest BCUT2D eigenvalue weighted by molar-refractivity contribution is 0.0904. The van der Waals surface area contributed by atoms with E-state index in [0.29, 0.717) is 36.7 Å². The predicted octanol–water partition coefficient (Wildman–Crippen LogP) is 3.43.